The lowest BCUT2D eigenvalue weighted by Gasteiger charge is -2.27. The third-order valence-corrected chi connectivity index (χ3v) is 5.16. The molecule has 2 heterocycles. The van der Waals surface area contributed by atoms with E-state index in [1.54, 1.807) is 29.5 Å². The fourth-order valence-corrected chi connectivity index (χ4v) is 3.62. The molecule has 1 aromatic carbocycles. The Morgan fingerprint density at radius 2 is 2.27 bits per heavy atom. The van der Waals surface area contributed by atoms with Crippen molar-refractivity contribution in [2.24, 2.45) is 0 Å². The van der Waals surface area contributed by atoms with Crippen molar-refractivity contribution in [2.75, 3.05) is 18.4 Å². The number of aliphatic hydroxyl groups excluding tert-OH is 1. The van der Waals surface area contributed by atoms with Crippen LogP contribution in [-0.4, -0.2) is 29.0 Å². The number of amides is 1. The second kappa shape index (κ2) is 6.69. The van der Waals surface area contributed by atoms with E-state index in [0.717, 1.165) is 18.5 Å². The van der Waals surface area contributed by atoms with E-state index >= 15 is 0 Å². The lowest BCUT2D eigenvalue weighted by Crippen LogP contribution is -2.38. The number of aliphatic hydroxyl groups is 1. The van der Waals surface area contributed by atoms with Crippen molar-refractivity contribution in [2.45, 2.75) is 19.6 Å². The van der Waals surface area contributed by atoms with Gasteiger partial charge in [-0.1, -0.05) is 17.7 Å². The summed E-state index contributed by atoms with van der Waals surface area (Å²) in [4.78, 5) is 15.6. The monoisotopic (exact) mass is 336 g/mol. The molecule has 1 aromatic heterocycles. The Hall–Kier alpha value is -1.56. The average molecular weight is 337 g/mol. The predicted molar refractivity (Wildman–Crippen MR) is 89.3 cm³/mol. The van der Waals surface area contributed by atoms with Gasteiger partial charge >= 0.3 is 0 Å². The number of nitrogens with zero attached hydrogens (tertiary/aromatic N) is 1. The number of rotatable bonds is 4. The van der Waals surface area contributed by atoms with Gasteiger partial charge in [0.15, 0.2) is 0 Å². The second-order valence-electron chi connectivity index (χ2n) is 5.26. The topological polar surface area (TPSA) is 52.6 Å². The summed E-state index contributed by atoms with van der Waals surface area (Å²) in [5, 5.41) is 14.9. The van der Waals surface area contributed by atoms with Crippen LogP contribution in [0.5, 0.6) is 0 Å². The number of carbonyl (C=O) groups is 1. The molecular weight excluding hydrogens is 320 g/mol. The van der Waals surface area contributed by atoms with Crippen LogP contribution in [0.15, 0.2) is 29.6 Å². The number of hydrogen-bond donors (Lipinski definition) is 2. The maximum Gasteiger partial charge on any atom is 0.242 e. The number of carbonyl (C=O) groups excluding carboxylic acids is 1. The highest BCUT2D eigenvalue weighted by atomic mass is 35.5. The number of nitrogens with one attached hydrogen (secondary N) is 1. The number of fused-ring (bicyclic) bond motifs is 1. The quantitative estimate of drug-likeness (QED) is 0.902. The summed E-state index contributed by atoms with van der Waals surface area (Å²) < 4.78 is 0. The Morgan fingerprint density at radius 1 is 1.41 bits per heavy atom. The van der Waals surface area contributed by atoms with Crippen molar-refractivity contribution in [3.8, 4) is 0 Å². The summed E-state index contributed by atoms with van der Waals surface area (Å²) in [6.07, 6.45) is 0.930. The van der Waals surface area contributed by atoms with Crippen molar-refractivity contribution < 1.29 is 9.90 Å². The SMILES string of the molecule is O=C(CNc1cc(CO)ccc1Cl)N1CCc2sccc2C1. The van der Waals surface area contributed by atoms with Gasteiger partial charge in [0.25, 0.3) is 0 Å². The Morgan fingerprint density at radius 3 is 3.09 bits per heavy atom. The summed E-state index contributed by atoms with van der Waals surface area (Å²) >= 11 is 7.87. The van der Waals surface area contributed by atoms with Crippen molar-refractivity contribution in [1.29, 1.82) is 0 Å². The summed E-state index contributed by atoms with van der Waals surface area (Å²) in [6.45, 7) is 1.60. The highest BCUT2D eigenvalue weighted by Gasteiger charge is 2.21. The fourth-order valence-electron chi connectivity index (χ4n) is 2.55. The van der Waals surface area contributed by atoms with Crippen LogP contribution in [0.1, 0.15) is 16.0 Å². The van der Waals surface area contributed by atoms with Crippen LogP contribution in [-0.2, 0) is 24.4 Å². The summed E-state index contributed by atoms with van der Waals surface area (Å²) in [6, 6.07) is 7.34. The number of anilines is 1. The van der Waals surface area contributed by atoms with Crippen molar-refractivity contribution in [3.63, 3.8) is 0 Å². The first-order valence-corrected chi connectivity index (χ1v) is 8.39. The molecule has 0 unspecified atom stereocenters. The van der Waals surface area contributed by atoms with Gasteiger partial charge in [-0.05, 0) is 41.1 Å². The smallest absolute Gasteiger partial charge is 0.242 e. The van der Waals surface area contributed by atoms with Gasteiger partial charge in [0.2, 0.25) is 5.91 Å². The summed E-state index contributed by atoms with van der Waals surface area (Å²) in [7, 11) is 0. The zero-order chi connectivity index (χ0) is 15.5. The molecule has 0 fully saturated rings. The number of thiophene rings is 1. The summed E-state index contributed by atoms with van der Waals surface area (Å²) in [5.74, 6) is 0.0577. The first-order chi connectivity index (χ1) is 10.7. The van der Waals surface area contributed by atoms with Crippen LogP contribution in [0, 0.1) is 0 Å². The third kappa shape index (κ3) is 3.27. The molecule has 0 saturated carbocycles. The van der Waals surface area contributed by atoms with E-state index in [4.69, 9.17) is 16.7 Å². The van der Waals surface area contributed by atoms with Gasteiger partial charge in [0.05, 0.1) is 23.9 Å². The Labute approximate surface area is 138 Å². The van der Waals surface area contributed by atoms with E-state index < -0.39 is 0 Å². The highest BCUT2D eigenvalue weighted by Crippen LogP contribution is 2.25. The van der Waals surface area contributed by atoms with Gasteiger partial charge in [-0.2, -0.15) is 0 Å². The lowest BCUT2D eigenvalue weighted by atomic mass is 10.1. The molecule has 0 bridgehead atoms. The van der Waals surface area contributed by atoms with Crippen LogP contribution in [0.3, 0.4) is 0 Å². The fraction of sp³-hybridized carbons (Fsp3) is 0.312. The minimum absolute atomic E-state index is 0.0488. The molecule has 2 aromatic rings. The van der Waals surface area contributed by atoms with E-state index in [-0.39, 0.29) is 19.1 Å². The molecule has 6 heteroatoms. The highest BCUT2D eigenvalue weighted by molar-refractivity contribution is 7.10. The van der Waals surface area contributed by atoms with Gasteiger partial charge < -0.3 is 15.3 Å². The Bertz CT molecular complexity index is 687. The van der Waals surface area contributed by atoms with Crippen molar-refractivity contribution >= 4 is 34.5 Å². The number of benzene rings is 1. The maximum atomic E-state index is 12.3. The van der Waals surface area contributed by atoms with E-state index in [1.807, 2.05) is 4.90 Å². The third-order valence-electron chi connectivity index (χ3n) is 3.80. The average Bonchev–Trinajstić information content (AvgIpc) is 3.01. The maximum absolute atomic E-state index is 12.3. The predicted octanol–water partition coefficient (Wildman–Crippen LogP) is 2.89. The minimum Gasteiger partial charge on any atom is -0.392 e. The zero-order valence-corrected chi connectivity index (χ0v) is 13.6. The van der Waals surface area contributed by atoms with Gasteiger partial charge in [0.1, 0.15) is 0 Å². The van der Waals surface area contributed by atoms with Gasteiger partial charge in [-0.25, -0.2) is 0 Å². The molecule has 0 saturated heterocycles. The number of hydrogen-bond acceptors (Lipinski definition) is 4. The molecule has 1 aliphatic heterocycles. The molecule has 0 radical (unpaired) electrons. The number of halogens is 1. The Kier molecular flexibility index (Phi) is 4.66. The van der Waals surface area contributed by atoms with E-state index in [1.165, 1.54) is 10.4 Å². The molecule has 1 aliphatic rings. The molecule has 4 nitrogen and oxygen atoms in total. The molecule has 0 aliphatic carbocycles. The van der Waals surface area contributed by atoms with Crippen LogP contribution in [0.4, 0.5) is 5.69 Å². The largest absolute Gasteiger partial charge is 0.392 e. The minimum atomic E-state index is -0.0488. The van der Waals surface area contributed by atoms with Gasteiger partial charge in [-0.15, -0.1) is 11.3 Å². The second-order valence-corrected chi connectivity index (χ2v) is 6.67. The van der Waals surface area contributed by atoms with E-state index in [0.29, 0.717) is 17.3 Å². The molecular formula is C16H17ClN2O2S. The molecule has 2 N–H and O–H groups in total. The standard InChI is InChI=1S/C16H17ClN2O2S/c17-13-2-1-11(10-20)7-14(13)18-8-16(21)19-5-3-15-12(9-19)4-6-22-15/h1-2,4,6-7,18,20H,3,5,8-10H2. The molecule has 116 valence electrons. The Balaban J connectivity index is 1.61. The van der Waals surface area contributed by atoms with E-state index in [9.17, 15) is 4.79 Å². The van der Waals surface area contributed by atoms with Gasteiger partial charge in [0, 0.05) is 18.0 Å². The molecule has 0 spiro atoms. The van der Waals surface area contributed by atoms with Crippen LogP contribution >= 0.6 is 22.9 Å². The van der Waals surface area contributed by atoms with Gasteiger partial charge in [-0.3, -0.25) is 4.79 Å². The van der Waals surface area contributed by atoms with Crippen molar-refractivity contribution in [1.82, 2.24) is 4.90 Å². The van der Waals surface area contributed by atoms with E-state index in [2.05, 4.69) is 16.8 Å². The molecule has 22 heavy (non-hydrogen) atoms. The van der Waals surface area contributed by atoms with Crippen LogP contribution < -0.4 is 5.32 Å². The van der Waals surface area contributed by atoms with Crippen LogP contribution in [0.25, 0.3) is 0 Å². The first-order valence-electron chi connectivity index (χ1n) is 7.13. The lowest BCUT2D eigenvalue weighted by molar-refractivity contribution is -0.130. The molecule has 1 amide bonds. The van der Waals surface area contributed by atoms with Crippen LogP contribution in [0.2, 0.25) is 5.02 Å². The molecule has 0 atom stereocenters. The normalized spacial score (nSPS) is 13.8. The summed E-state index contributed by atoms with van der Waals surface area (Å²) in [5.41, 5.74) is 2.69. The zero-order valence-electron chi connectivity index (χ0n) is 12.0. The first kappa shape index (κ1) is 15.3. The molecule has 3 rings (SSSR count). The van der Waals surface area contributed by atoms with Crippen molar-refractivity contribution in [3.05, 3.63) is 50.7 Å².